The quantitative estimate of drug-likeness (QED) is 0.461. The number of carbonyl (C=O) groups is 1. The number of hydrogen-bond acceptors (Lipinski definition) is 6. The van der Waals surface area contributed by atoms with Crippen LogP contribution in [-0.4, -0.2) is 62.3 Å². The van der Waals surface area contributed by atoms with Crippen LogP contribution >= 0.6 is 23.7 Å². The lowest BCUT2D eigenvalue weighted by Gasteiger charge is -2.27. The van der Waals surface area contributed by atoms with E-state index in [1.54, 1.807) is 18.4 Å². The fourth-order valence-corrected chi connectivity index (χ4v) is 4.98. The number of methoxy groups -OCH3 is 1. The number of benzene rings is 2. The first-order valence-electron chi connectivity index (χ1n) is 11.1. The van der Waals surface area contributed by atoms with Crippen LogP contribution in [0.3, 0.4) is 0 Å². The number of fused-ring (bicyclic) bond motifs is 1. The molecule has 0 bridgehead atoms. The summed E-state index contributed by atoms with van der Waals surface area (Å²) in [5.74, 6) is 0.863. The van der Waals surface area contributed by atoms with E-state index in [4.69, 9.17) is 14.5 Å². The van der Waals surface area contributed by atoms with Gasteiger partial charge in [0.2, 0.25) is 5.91 Å². The standard InChI is InChI=1S/C25H31N3O3S.ClH/c1-18-5-6-19(2)20(15-18)16-24(29)28(10-4-9-27-11-13-31-14-12-27)25-26-22-17-21(30-3)7-8-23(22)32-25;/h5-8,15,17H,4,9-14,16H2,1-3H3;1H. The van der Waals surface area contributed by atoms with Gasteiger partial charge < -0.3 is 9.47 Å². The fraction of sp³-hybridized carbons (Fsp3) is 0.440. The van der Waals surface area contributed by atoms with E-state index >= 15 is 0 Å². The molecule has 2 heterocycles. The average molecular weight is 490 g/mol. The molecule has 2 aromatic carbocycles. The van der Waals surface area contributed by atoms with Gasteiger partial charge in [0.1, 0.15) is 5.75 Å². The van der Waals surface area contributed by atoms with E-state index in [9.17, 15) is 4.79 Å². The van der Waals surface area contributed by atoms with Gasteiger partial charge >= 0.3 is 0 Å². The molecule has 1 aliphatic rings. The van der Waals surface area contributed by atoms with Crippen LogP contribution in [-0.2, 0) is 16.0 Å². The predicted molar refractivity (Wildman–Crippen MR) is 137 cm³/mol. The van der Waals surface area contributed by atoms with Crippen molar-refractivity contribution in [1.82, 2.24) is 9.88 Å². The van der Waals surface area contributed by atoms with Gasteiger partial charge in [-0.1, -0.05) is 35.1 Å². The second kappa shape index (κ2) is 11.8. The first kappa shape index (κ1) is 25.4. The van der Waals surface area contributed by atoms with Crippen molar-refractivity contribution in [3.05, 3.63) is 53.1 Å². The van der Waals surface area contributed by atoms with Gasteiger partial charge in [-0.05, 0) is 43.5 Å². The molecule has 0 atom stereocenters. The topological polar surface area (TPSA) is 54.9 Å². The van der Waals surface area contributed by atoms with Gasteiger partial charge in [0, 0.05) is 32.2 Å². The van der Waals surface area contributed by atoms with Crippen molar-refractivity contribution in [3.63, 3.8) is 0 Å². The Morgan fingerprint density at radius 1 is 1.18 bits per heavy atom. The Labute approximate surface area is 205 Å². The average Bonchev–Trinajstić information content (AvgIpc) is 3.22. The van der Waals surface area contributed by atoms with Crippen LogP contribution in [0.4, 0.5) is 5.13 Å². The number of amides is 1. The maximum Gasteiger partial charge on any atom is 0.233 e. The summed E-state index contributed by atoms with van der Waals surface area (Å²) in [7, 11) is 1.65. The Bertz CT molecular complexity index is 1080. The Hall–Kier alpha value is -2.19. The normalized spacial score (nSPS) is 14.2. The van der Waals surface area contributed by atoms with Gasteiger partial charge in [0.05, 0.1) is 37.0 Å². The fourth-order valence-electron chi connectivity index (χ4n) is 3.99. The van der Waals surface area contributed by atoms with E-state index in [1.165, 1.54) is 5.56 Å². The molecule has 4 rings (SSSR count). The summed E-state index contributed by atoms with van der Waals surface area (Å²) in [5, 5.41) is 0.755. The van der Waals surface area contributed by atoms with Crippen LogP contribution in [0, 0.1) is 13.8 Å². The van der Waals surface area contributed by atoms with Gasteiger partial charge in [-0.25, -0.2) is 4.98 Å². The molecule has 0 N–H and O–H groups in total. The molecule has 0 unspecified atom stereocenters. The molecule has 6 nitrogen and oxygen atoms in total. The molecule has 0 aliphatic carbocycles. The van der Waals surface area contributed by atoms with Crippen molar-refractivity contribution in [3.8, 4) is 5.75 Å². The number of ether oxygens (including phenoxy) is 2. The summed E-state index contributed by atoms with van der Waals surface area (Å²) in [4.78, 5) is 22.6. The van der Waals surface area contributed by atoms with Crippen molar-refractivity contribution >= 4 is 45.0 Å². The number of aryl methyl sites for hydroxylation is 2. The van der Waals surface area contributed by atoms with Gasteiger partial charge in [0.15, 0.2) is 5.13 Å². The number of anilines is 1. The van der Waals surface area contributed by atoms with Gasteiger partial charge in [-0.3, -0.25) is 14.6 Å². The zero-order valence-electron chi connectivity index (χ0n) is 19.5. The lowest BCUT2D eigenvalue weighted by molar-refractivity contribution is -0.118. The molecule has 0 saturated carbocycles. The molecule has 8 heteroatoms. The molecule has 33 heavy (non-hydrogen) atoms. The molecule has 1 aliphatic heterocycles. The lowest BCUT2D eigenvalue weighted by atomic mass is 10.0. The highest BCUT2D eigenvalue weighted by molar-refractivity contribution is 7.22. The lowest BCUT2D eigenvalue weighted by Crippen LogP contribution is -2.39. The van der Waals surface area contributed by atoms with Crippen molar-refractivity contribution < 1.29 is 14.3 Å². The first-order valence-corrected chi connectivity index (χ1v) is 12.0. The van der Waals surface area contributed by atoms with E-state index in [0.29, 0.717) is 13.0 Å². The van der Waals surface area contributed by atoms with Gasteiger partial charge in [-0.15, -0.1) is 12.4 Å². The summed E-state index contributed by atoms with van der Waals surface area (Å²) in [5.41, 5.74) is 4.26. The third kappa shape index (κ3) is 6.44. The Balaban J connectivity index is 0.00000306. The highest BCUT2D eigenvalue weighted by Gasteiger charge is 2.21. The number of morpholine rings is 1. The Morgan fingerprint density at radius 2 is 1.97 bits per heavy atom. The minimum absolute atomic E-state index is 0. The minimum Gasteiger partial charge on any atom is -0.497 e. The zero-order valence-corrected chi connectivity index (χ0v) is 21.1. The molecule has 1 aromatic heterocycles. The Morgan fingerprint density at radius 3 is 2.73 bits per heavy atom. The van der Waals surface area contributed by atoms with Crippen molar-refractivity contribution in [1.29, 1.82) is 0 Å². The van der Waals surface area contributed by atoms with E-state index in [-0.39, 0.29) is 18.3 Å². The first-order chi connectivity index (χ1) is 15.5. The van der Waals surface area contributed by atoms with E-state index in [1.807, 2.05) is 23.1 Å². The number of aromatic nitrogens is 1. The number of thiazole rings is 1. The number of halogens is 1. The summed E-state index contributed by atoms with van der Waals surface area (Å²) in [6.45, 7) is 9.22. The van der Waals surface area contributed by atoms with Gasteiger partial charge in [0.25, 0.3) is 0 Å². The van der Waals surface area contributed by atoms with Crippen LogP contribution in [0.5, 0.6) is 5.75 Å². The molecule has 1 saturated heterocycles. The second-order valence-electron chi connectivity index (χ2n) is 8.29. The zero-order chi connectivity index (χ0) is 22.5. The molecule has 1 amide bonds. The maximum absolute atomic E-state index is 13.5. The number of hydrogen-bond donors (Lipinski definition) is 0. The largest absolute Gasteiger partial charge is 0.497 e. The smallest absolute Gasteiger partial charge is 0.233 e. The molecular weight excluding hydrogens is 458 g/mol. The van der Waals surface area contributed by atoms with Crippen LogP contribution < -0.4 is 9.64 Å². The molecule has 0 radical (unpaired) electrons. The van der Waals surface area contributed by atoms with Crippen LogP contribution in [0.1, 0.15) is 23.1 Å². The summed E-state index contributed by atoms with van der Waals surface area (Å²) < 4.78 is 11.8. The summed E-state index contributed by atoms with van der Waals surface area (Å²) in [6, 6.07) is 12.2. The molecule has 178 valence electrons. The number of carbonyl (C=O) groups excluding carboxylic acids is 1. The van der Waals surface area contributed by atoms with Gasteiger partial charge in [-0.2, -0.15) is 0 Å². The second-order valence-corrected chi connectivity index (χ2v) is 9.30. The van der Waals surface area contributed by atoms with E-state index in [2.05, 4.69) is 36.9 Å². The maximum atomic E-state index is 13.5. The monoisotopic (exact) mass is 489 g/mol. The minimum atomic E-state index is 0. The van der Waals surface area contributed by atoms with Crippen LogP contribution in [0.15, 0.2) is 36.4 Å². The van der Waals surface area contributed by atoms with Crippen molar-refractivity contribution in [2.24, 2.45) is 0 Å². The van der Waals surface area contributed by atoms with E-state index in [0.717, 1.165) is 71.5 Å². The summed E-state index contributed by atoms with van der Waals surface area (Å²) in [6.07, 6.45) is 1.28. The predicted octanol–water partition coefficient (Wildman–Crippen LogP) is 4.64. The van der Waals surface area contributed by atoms with Crippen molar-refractivity contribution in [2.45, 2.75) is 26.7 Å². The van der Waals surface area contributed by atoms with Crippen molar-refractivity contribution in [2.75, 3.05) is 51.4 Å². The molecule has 3 aromatic rings. The number of rotatable bonds is 8. The Kier molecular flexibility index (Phi) is 9.09. The SMILES string of the molecule is COc1ccc2sc(N(CCCN3CCOCC3)C(=O)Cc3cc(C)ccc3C)nc2c1.Cl. The third-order valence-electron chi connectivity index (χ3n) is 5.92. The van der Waals surface area contributed by atoms with Crippen LogP contribution in [0.25, 0.3) is 10.2 Å². The van der Waals surface area contributed by atoms with E-state index < -0.39 is 0 Å². The molecule has 1 fully saturated rings. The number of nitrogens with zero attached hydrogens (tertiary/aromatic N) is 3. The summed E-state index contributed by atoms with van der Waals surface area (Å²) >= 11 is 1.56. The molecular formula is C25H32ClN3O3S. The highest BCUT2D eigenvalue weighted by atomic mass is 35.5. The highest BCUT2D eigenvalue weighted by Crippen LogP contribution is 2.32. The third-order valence-corrected chi connectivity index (χ3v) is 6.98. The molecule has 0 spiro atoms. The van der Waals surface area contributed by atoms with Crippen LogP contribution in [0.2, 0.25) is 0 Å².